The van der Waals surface area contributed by atoms with Crippen molar-refractivity contribution in [2.45, 2.75) is 25.1 Å². The molecule has 1 aliphatic rings. The Balaban J connectivity index is 2.15. The first kappa shape index (κ1) is 14.9. The number of hydrogen-bond donors (Lipinski definition) is 1. The summed E-state index contributed by atoms with van der Waals surface area (Å²) in [5, 5.41) is 12.5. The first-order valence-electron chi connectivity index (χ1n) is 6.10. The molecule has 0 spiro atoms. The molecule has 0 bridgehead atoms. The standard InChI is InChI=1S/C11H16N2O6S/c1-8-4-9(12-19-8)7-20(16,17)13-2-3-18-6-10(13)5-11(14)15/h4,10H,2-3,5-7H2,1H3,(H,14,15). The van der Waals surface area contributed by atoms with Gasteiger partial charge in [0.1, 0.15) is 17.2 Å². The highest BCUT2D eigenvalue weighted by Gasteiger charge is 2.34. The van der Waals surface area contributed by atoms with Crippen LogP contribution in [0.1, 0.15) is 17.9 Å². The van der Waals surface area contributed by atoms with Crippen molar-refractivity contribution in [3.63, 3.8) is 0 Å². The van der Waals surface area contributed by atoms with Crippen molar-refractivity contribution < 1.29 is 27.6 Å². The van der Waals surface area contributed by atoms with E-state index in [4.69, 9.17) is 14.4 Å². The third-order valence-corrected chi connectivity index (χ3v) is 4.80. The first-order valence-corrected chi connectivity index (χ1v) is 7.70. The molecule has 0 saturated carbocycles. The van der Waals surface area contributed by atoms with Gasteiger partial charge in [0.2, 0.25) is 10.0 Å². The Morgan fingerprint density at radius 3 is 2.95 bits per heavy atom. The van der Waals surface area contributed by atoms with Crippen LogP contribution in [0.15, 0.2) is 10.6 Å². The van der Waals surface area contributed by atoms with Gasteiger partial charge in [-0.1, -0.05) is 5.16 Å². The van der Waals surface area contributed by atoms with Gasteiger partial charge in [-0.15, -0.1) is 0 Å². The molecule has 1 N–H and O–H groups in total. The van der Waals surface area contributed by atoms with Gasteiger partial charge in [-0.05, 0) is 6.92 Å². The Bertz CT molecular complexity index is 581. The molecule has 1 aromatic rings. The average molecular weight is 304 g/mol. The summed E-state index contributed by atoms with van der Waals surface area (Å²) in [4.78, 5) is 10.8. The molecular weight excluding hydrogens is 288 g/mol. The van der Waals surface area contributed by atoms with Gasteiger partial charge in [0.05, 0.1) is 25.7 Å². The Kier molecular flexibility index (Phi) is 4.41. The third-order valence-electron chi connectivity index (χ3n) is 2.95. The van der Waals surface area contributed by atoms with Crippen LogP contribution in [0, 0.1) is 6.92 Å². The fourth-order valence-corrected chi connectivity index (χ4v) is 3.74. The summed E-state index contributed by atoms with van der Waals surface area (Å²) >= 11 is 0. The van der Waals surface area contributed by atoms with Gasteiger partial charge in [-0.3, -0.25) is 4.79 Å². The van der Waals surface area contributed by atoms with Crippen LogP contribution in [0.25, 0.3) is 0 Å². The molecule has 112 valence electrons. The lowest BCUT2D eigenvalue weighted by molar-refractivity contribution is -0.139. The second-order valence-electron chi connectivity index (χ2n) is 4.62. The predicted octanol–water partition coefficient (Wildman–Crippen LogP) is -0.0117. The van der Waals surface area contributed by atoms with Gasteiger partial charge in [0.15, 0.2) is 0 Å². The van der Waals surface area contributed by atoms with Crippen molar-refractivity contribution >= 4 is 16.0 Å². The van der Waals surface area contributed by atoms with Crippen LogP contribution >= 0.6 is 0 Å². The molecule has 1 atom stereocenters. The number of rotatable bonds is 5. The van der Waals surface area contributed by atoms with E-state index in [0.717, 1.165) is 0 Å². The lowest BCUT2D eigenvalue weighted by Gasteiger charge is -2.33. The van der Waals surface area contributed by atoms with Crippen molar-refractivity contribution in [3.05, 3.63) is 17.5 Å². The van der Waals surface area contributed by atoms with Crippen molar-refractivity contribution in [1.82, 2.24) is 9.46 Å². The summed E-state index contributed by atoms with van der Waals surface area (Å²) in [7, 11) is -3.65. The summed E-state index contributed by atoms with van der Waals surface area (Å²) in [5.41, 5.74) is 0.308. The van der Waals surface area contributed by atoms with Crippen LogP contribution in [0.2, 0.25) is 0 Å². The van der Waals surface area contributed by atoms with Crippen molar-refractivity contribution in [2.24, 2.45) is 0 Å². The molecule has 8 nitrogen and oxygen atoms in total. The van der Waals surface area contributed by atoms with E-state index in [1.54, 1.807) is 13.0 Å². The zero-order valence-electron chi connectivity index (χ0n) is 11.0. The molecule has 1 unspecified atom stereocenters. The van der Waals surface area contributed by atoms with Crippen molar-refractivity contribution in [3.8, 4) is 0 Å². The summed E-state index contributed by atoms with van der Waals surface area (Å²) in [6.07, 6.45) is -0.281. The van der Waals surface area contributed by atoms with Gasteiger partial charge in [0, 0.05) is 12.6 Å². The van der Waals surface area contributed by atoms with E-state index in [1.165, 1.54) is 4.31 Å². The second kappa shape index (κ2) is 5.90. The molecule has 1 aliphatic heterocycles. The second-order valence-corrected chi connectivity index (χ2v) is 6.54. The average Bonchev–Trinajstić information content (AvgIpc) is 2.73. The molecule has 1 aromatic heterocycles. The highest BCUT2D eigenvalue weighted by molar-refractivity contribution is 7.88. The summed E-state index contributed by atoms with van der Waals surface area (Å²) in [6, 6.07) is 0.865. The number of carboxylic acids is 1. The van der Waals surface area contributed by atoms with E-state index in [2.05, 4.69) is 5.16 Å². The number of carboxylic acid groups (broad SMARTS) is 1. The number of aromatic nitrogens is 1. The monoisotopic (exact) mass is 304 g/mol. The largest absolute Gasteiger partial charge is 0.481 e. The molecule has 1 saturated heterocycles. The minimum absolute atomic E-state index is 0.0867. The van der Waals surface area contributed by atoms with Gasteiger partial charge >= 0.3 is 5.97 Å². The van der Waals surface area contributed by atoms with E-state index in [0.29, 0.717) is 11.5 Å². The van der Waals surface area contributed by atoms with Gasteiger partial charge in [0.25, 0.3) is 0 Å². The number of morpholine rings is 1. The number of aliphatic carboxylic acids is 1. The zero-order valence-corrected chi connectivity index (χ0v) is 11.8. The highest BCUT2D eigenvalue weighted by Crippen LogP contribution is 2.19. The van der Waals surface area contributed by atoms with Crippen LogP contribution in [-0.4, -0.2) is 54.8 Å². The van der Waals surface area contributed by atoms with Crippen LogP contribution < -0.4 is 0 Å². The number of nitrogens with zero attached hydrogens (tertiary/aromatic N) is 2. The van der Waals surface area contributed by atoms with Gasteiger partial charge < -0.3 is 14.4 Å². The quantitative estimate of drug-likeness (QED) is 0.814. The number of sulfonamides is 1. The van der Waals surface area contributed by atoms with Crippen LogP contribution in [0.4, 0.5) is 0 Å². The molecular formula is C11H16N2O6S. The highest BCUT2D eigenvalue weighted by atomic mass is 32.2. The summed E-state index contributed by atoms with van der Waals surface area (Å²) < 4.78 is 35.9. The maximum atomic E-state index is 12.4. The lowest BCUT2D eigenvalue weighted by Crippen LogP contribution is -2.49. The number of aryl methyl sites for hydroxylation is 1. The van der Waals surface area contributed by atoms with Crippen LogP contribution in [0.5, 0.6) is 0 Å². The number of ether oxygens (including phenoxy) is 1. The Labute approximate surface area is 116 Å². The lowest BCUT2D eigenvalue weighted by atomic mass is 10.2. The van der Waals surface area contributed by atoms with Crippen molar-refractivity contribution in [2.75, 3.05) is 19.8 Å². The third kappa shape index (κ3) is 3.56. The Morgan fingerprint density at radius 1 is 1.60 bits per heavy atom. The molecule has 0 aromatic carbocycles. The van der Waals surface area contributed by atoms with E-state index in [9.17, 15) is 13.2 Å². The predicted molar refractivity (Wildman–Crippen MR) is 67.4 cm³/mol. The Morgan fingerprint density at radius 2 is 2.35 bits per heavy atom. The molecule has 9 heteroatoms. The van der Waals surface area contributed by atoms with Crippen LogP contribution in [-0.2, 0) is 25.3 Å². The molecule has 2 rings (SSSR count). The molecule has 0 radical (unpaired) electrons. The topological polar surface area (TPSA) is 110 Å². The maximum absolute atomic E-state index is 12.4. The fraction of sp³-hybridized carbons (Fsp3) is 0.636. The smallest absolute Gasteiger partial charge is 0.305 e. The minimum Gasteiger partial charge on any atom is -0.481 e. The normalized spacial score (nSPS) is 20.9. The summed E-state index contributed by atoms with van der Waals surface area (Å²) in [6.45, 7) is 2.17. The first-order chi connectivity index (χ1) is 9.38. The molecule has 20 heavy (non-hydrogen) atoms. The SMILES string of the molecule is Cc1cc(CS(=O)(=O)N2CCOCC2CC(=O)O)no1. The van der Waals surface area contributed by atoms with E-state index in [1.807, 2.05) is 0 Å². The zero-order chi connectivity index (χ0) is 14.8. The molecule has 1 fully saturated rings. The van der Waals surface area contributed by atoms with E-state index in [-0.39, 0.29) is 31.9 Å². The Hall–Kier alpha value is -1.45. The van der Waals surface area contributed by atoms with Gasteiger partial charge in [-0.25, -0.2) is 8.42 Å². The van der Waals surface area contributed by atoms with Crippen molar-refractivity contribution in [1.29, 1.82) is 0 Å². The van der Waals surface area contributed by atoms with E-state index < -0.39 is 22.0 Å². The number of hydrogen-bond acceptors (Lipinski definition) is 6. The maximum Gasteiger partial charge on any atom is 0.305 e. The summed E-state index contributed by atoms with van der Waals surface area (Å²) in [5.74, 6) is -0.835. The molecule has 2 heterocycles. The number of carbonyl (C=O) groups is 1. The molecule has 0 amide bonds. The fourth-order valence-electron chi connectivity index (χ4n) is 2.12. The molecule has 0 aliphatic carbocycles. The minimum atomic E-state index is -3.65. The van der Waals surface area contributed by atoms with E-state index >= 15 is 0 Å². The van der Waals surface area contributed by atoms with Gasteiger partial charge in [-0.2, -0.15) is 4.31 Å². The van der Waals surface area contributed by atoms with Crippen LogP contribution in [0.3, 0.4) is 0 Å².